The molecule has 2 N–H and O–H groups in total. The van der Waals surface area contributed by atoms with Crippen LogP contribution in [0.1, 0.15) is 30.9 Å². The molecule has 0 spiro atoms. The monoisotopic (exact) mass is 421 g/mol. The zero-order valence-electron chi connectivity index (χ0n) is 16.2. The molecule has 152 valence electrons. The third-order valence-corrected chi connectivity index (χ3v) is 6.62. The number of benzene rings is 2. The van der Waals surface area contributed by atoms with E-state index in [1.807, 2.05) is 41.4 Å². The predicted molar refractivity (Wildman–Crippen MR) is 114 cm³/mol. The van der Waals surface area contributed by atoms with E-state index in [1.165, 1.54) is 5.56 Å². The van der Waals surface area contributed by atoms with Gasteiger partial charge in [-0.25, -0.2) is 13.4 Å². The Kier molecular flexibility index (Phi) is 7.48. The fraction of sp³-hybridized carbons (Fsp3) is 0.429. The number of hydrogen-bond donors (Lipinski definition) is 2. The van der Waals surface area contributed by atoms with Crippen LogP contribution in [0, 0.1) is 5.92 Å². The Morgan fingerprint density at radius 2 is 1.75 bits per heavy atom. The second-order valence-electron chi connectivity index (χ2n) is 7.49. The van der Waals surface area contributed by atoms with E-state index in [0.717, 1.165) is 49.5 Å². The zero-order chi connectivity index (χ0) is 20.0. The quantitative estimate of drug-likeness (QED) is 0.639. The minimum absolute atomic E-state index is 0.302. The first-order chi connectivity index (χ1) is 13.4. The van der Waals surface area contributed by atoms with E-state index >= 15 is 0 Å². The molecular formula is C21H28ClN3O2S. The molecule has 1 heterocycles. The minimum atomic E-state index is -3.52. The molecule has 1 atom stereocenters. The van der Waals surface area contributed by atoms with Crippen LogP contribution in [0.15, 0.2) is 53.4 Å². The van der Waals surface area contributed by atoms with Crippen LogP contribution in [0.3, 0.4) is 0 Å². The molecule has 0 radical (unpaired) electrons. The van der Waals surface area contributed by atoms with Crippen LogP contribution >= 0.6 is 11.6 Å². The smallest absolute Gasteiger partial charge is 0.253 e. The van der Waals surface area contributed by atoms with Gasteiger partial charge in [0.1, 0.15) is 0 Å². The van der Waals surface area contributed by atoms with Gasteiger partial charge in [-0.3, -0.25) is 0 Å². The molecule has 1 aliphatic rings. The SMILES string of the molecule is CC1CCCN(NS(=O)(=O)c2ccc(CNCCc3ccc(Cl)cc3)cc2)C1. The molecule has 28 heavy (non-hydrogen) atoms. The third kappa shape index (κ3) is 6.29. The van der Waals surface area contributed by atoms with Crippen molar-refractivity contribution >= 4 is 21.6 Å². The molecule has 3 rings (SSSR count). The maximum absolute atomic E-state index is 12.6. The molecule has 0 bridgehead atoms. The normalized spacial score (nSPS) is 18.3. The zero-order valence-corrected chi connectivity index (χ0v) is 17.8. The first-order valence-corrected chi connectivity index (χ1v) is 11.6. The van der Waals surface area contributed by atoms with Crippen LogP contribution in [0.2, 0.25) is 5.02 Å². The van der Waals surface area contributed by atoms with Gasteiger partial charge in [0.05, 0.1) is 4.90 Å². The first kappa shape index (κ1) is 21.3. The Hall–Kier alpha value is -1.44. The Morgan fingerprint density at radius 1 is 1.07 bits per heavy atom. The average molecular weight is 422 g/mol. The van der Waals surface area contributed by atoms with Crippen LogP contribution in [0.25, 0.3) is 0 Å². The molecular weight excluding hydrogens is 394 g/mol. The summed E-state index contributed by atoms with van der Waals surface area (Å²) >= 11 is 5.89. The molecule has 1 fully saturated rings. The lowest BCUT2D eigenvalue weighted by Gasteiger charge is -2.30. The van der Waals surface area contributed by atoms with Gasteiger partial charge in [0.25, 0.3) is 10.0 Å². The Labute approximate surface area is 173 Å². The Bertz CT molecular complexity index is 854. The van der Waals surface area contributed by atoms with Gasteiger partial charge in [0, 0.05) is 24.7 Å². The van der Waals surface area contributed by atoms with Crippen molar-refractivity contribution < 1.29 is 8.42 Å². The van der Waals surface area contributed by atoms with Crippen molar-refractivity contribution in [2.45, 2.75) is 37.6 Å². The molecule has 5 nitrogen and oxygen atoms in total. The Balaban J connectivity index is 1.47. The van der Waals surface area contributed by atoms with Crippen LogP contribution < -0.4 is 10.1 Å². The number of hydrazine groups is 1. The van der Waals surface area contributed by atoms with Crippen LogP contribution in [0.4, 0.5) is 0 Å². The lowest BCUT2D eigenvalue weighted by atomic mass is 10.0. The predicted octanol–water partition coefficient (Wildman–Crippen LogP) is 3.60. The van der Waals surface area contributed by atoms with E-state index in [2.05, 4.69) is 17.1 Å². The lowest BCUT2D eigenvalue weighted by molar-refractivity contribution is 0.159. The van der Waals surface area contributed by atoms with Crippen molar-refractivity contribution in [1.82, 2.24) is 15.2 Å². The van der Waals surface area contributed by atoms with E-state index in [0.29, 0.717) is 17.4 Å². The number of nitrogens with zero attached hydrogens (tertiary/aromatic N) is 1. The number of sulfonamides is 1. The van der Waals surface area contributed by atoms with Gasteiger partial charge in [-0.1, -0.05) is 42.8 Å². The highest BCUT2D eigenvalue weighted by Gasteiger charge is 2.22. The van der Waals surface area contributed by atoms with Gasteiger partial charge in [-0.05, 0) is 67.1 Å². The van der Waals surface area contributed by atoms with Gasteiger partial charge in [0.15, 0.2) is 0 Å². The second-order valence-corrected chi connectivity index (χ2v) is 9.58. The summed E-state index contributed by atoms with van der Waals surface area (Å²) in [7, 11) is -3.52. The number of hydrogen-bond acceptors (Lipinski definition) is 4. The van der Waals surface area contributed by atoms with E-state index in [9.17, 15) is 8.42 Å². The highest BCUT2D eigenvalue weighted by molar-refractivity contribution is 7.89. The molecule has 0 aliphatic carbocycles. The summed E-state index contributed by atoms with van der Waals surface area (Å²) < 4.78 is 25.2. The molecule has 1 unspecified atom stereocenters. The highest BCUT2D eigenvalue weighted by Crippen LogP contribution is 2.16. The van der Waals surface area contributed by atoms with Crippen LogP contribution in [0.5, 0.6) is 0 Å². The molecule has 0 aromatic heterocycles. The second kappa shape index (κ2) is 9.85. The van der Waals surface area contributed by atoms with Gasteiger partial charge in [-0.15, -0.1) is 4.83 Å². The molecule has 2 aromatic rings. The topological polar surface area (TPSA) is 61.4 Å². The van der Waals surface area contributed by atoms with E-state index in [1.54, 1.807) is 12.1 Å². The van der Waals surface area contributed by atoms with Crippen molar-refractivity contribution in [2.75, 3.05) is 19.6 Å². The van der Waals surface area contributed by atoms with E-state index < -0.39 is 10.0 Å². The lowest BCUT2D eigenvalue weighted by Crippen LogP contribution is -2.47. The highest BCUT2D eigenvalue weighted by atomic mass is 35.5. The number of rotatable bonds is 8. The summed E-state index contributed by atoms with van der Waals surface area (Å²) in [6, 6.07) is 14.9. The van der Waals surface area contributed by atoms with Crippen molar-refractivity contribution in [3.63, 3.8) is 0 Å². The van der Waals surface area contributed by atoms with Crippen LogP contribution in [-0.2, 0) is 23.0 Å². The summed E-state index contributed by atoms with van der Waals surface area (Å²) in [5.41, 5.74) is 2.29. The van der Waals surface area contributed by atoms with Crippen molar-refractivity contribution in [1.29, 1.82) is 0 Å². The maximum Gasteiger partial charge on any atom is 0.253 e. The Morgan fingerprint density at radius 3 is 2.43 bits per heavy atom. The molecule has 7 heteroatoms. The van der Waals surface area contributed by atoms with E-state index in [-0.39, 0.29) is 0 Å². The fourth-order valence-corrected chi connectivity index (χ4v) is 4.63. The van der Waals surface area contributed by atoms with Gasteiger partial charge in [0.2, 0.25) is 0 Å². The molecule has 2 aromatic carbocycles. The molecule has 0 saturated carbocycles. The minimum Gasteiger partial charge on any atom is -0.312 e. The summed E-state index contributed by atoms with van der Waals surface area (Å²) in [5, 5.41) is 5.95. The molecule has 1 aliphatic heterocycles. The summed E-state index contributed by atoms with van der Waals surface area (Å²) in [5.74, 6) is 0.512. The summed E-state index contributed by atoms with van der Waals surface area (Å²) in [6.45, 7) is 5.21. The molecule has 1 saturated heterocycles. The van der Waals surface area contributed by atoms with Crippen molar-refractivity contribution in [3.05, 3.63) is 64.7 Å². The average Bonchev–Trinajstić information content (AvgIpc) is 2.67. The molecule has 0 amide bonds. The van der Waals surface area contributed by atoms with E-state index in [4.69, 9.17) is 11.6 Å². The van der Waals surface area contributed by atoms with Gasteiger partial charge < -0.3 is 5.32 Å². The number of piperidine rings is 1. The summed E-state index contributed by atoms with van der Waals surface area (Å²) in [6.07, 6.45) is 3.09. The first-order valence-electron chi connectivity index (χ1n) is 9.74. The van der Waals surface area contributed by atoms with Gasteiger partial charge in [-0.2, -0.15) is 0 Å². The van der Waals surface area contributed by atoms with Crippen molar-refractivity contribution in [2.24, 2.45) is 5.92 Å². The maximum atomic E-state index is 12.6. The van der Waals surface area contributed by atoms with Gasteiger partial charge >= 0.3 is 0 Å². The van der Waals surface area contributed by atoms with Crippen molar-refractivity contribution in [3.8, 4) is 0 Å². The van der Waals surface area contributed by atoms with Crippen LogP contribution in [-0.4, -0.2) is 33.1 Å². The third-order valence-electron chi connectivity index (χ3n) is 4.97. The summed E-state index contributed by atoms with van der Waals surface area (Å²) in [4.78, 5) is 3.02. The fourth-order valence-electron chi connectivity index (χ4n) is 3.40. The largest absolute Gasteiger partial charge is 0.312 e. The number of nitrogens with one attached hydrogen (secondary N) is 2. The standard InChI is InChI=1S/C21H28ClN3O2S/c1-17-3-2-14-25(16-17)24-28(26,27)21-10-6-19(7-11-21)15-23-13-12-18-4-8-20(22)9-5-18/h4-11,17,23-24H,2-3,12-16H2,1H3. The number of halogens is 1.